The summed E-state index contributed by atoms with van der Waals surface area (Å²) in [5.74, 6) is 5.65. The Morgan fingerprint density at radius 3 is 0.796 bits per heavy atom. The summed E-state index contributed by atoms with van der Waals surface area (Å²) in [5, 5.41) is 0. The molecule has 12 aromatic rings. The summed E-state index contributed by atoms with van der Waals surface area (Å²) in [6.07, 6.45) is 34.2. The first-order valence-electron chi connectivity index (χ1n) is 46.8. The number of ketones is 3. The molecule has 0 aliphatic carbocycles. The van der Waals surface area contributed by atoms with Crippen molar-refractivity contribution in [3.63, 3.8) is 0 Å². The summed E-state index contributed by atoms with van der Waals surface area (Å²) in [5.41, 5.74) is 17.8. The van der Waals surface area contributed by atoms with E-state index in [2.05, 4.69) is 56.5 Å². The van der Waals surface area contributed by atoms with Crippen LogP contribution >= 0.6 is 0 Å². The number of benzene rings is 9. The van der Waals surface area contributed by atoms with Gasteiger partial charge in [0, 0.05) is 129 Å². The van der Waals surface area contributed by atoms with Crippen LogP contribution in [0.1, 0.15) is 166 Å². The van der Waals surface area contributed by atoms with E-state index in [9.17, 15) is 27.0 Å². The third-order valence-corrected chi connectivity index (χ3v) is 26.3. The van der Waals surface area contributed by atoms with Crippen LogP contribution in [0.5, 0.6) is 34.5 Å². The number of aryl methyl sites for hydroxylation is 3. The predicted octanol–water partition coefficient (Wildman–Crippen LogP) is 24.6. The van der Waals surface area contributed by atoms with Crippen LogP contribution in [0.3, 0.4) is 0 Å². The second kappa shape index (κ2) is 62.3. The van der Waals surface area contributed by atoms with E-state index in [-0.39, 0.29) is 65.1 Å². The monoisotopic (exact) mass is 2070 g/mol. The maximum absolute atomic E-state index is 13.0. The third kappa shape index (κ3) is 37.7. The topological polar surface area (TPSA) is 224 Å². The van der Waals surface area contributed by atoms with Crippen molar-refractivity contribution in [2.24, 2.45) is 0 Å². The van der Waals surface area contributed by atoms with Gasteiger partial charge in [0.15, 0.2) is 17.3 Å². The molecule has 0 saturated heterocycles. The quantitative estimate of drug-likeness (QED) is 0.0196. The molecule has 722 valence electrons. The van der Waals surface area contributed by atoms with E-state index in [0.29, 0.717) is 74.1 Å². The molecule has 0 saturated carbocycles. The Labute approximate surface area is 833 Å². The maximum atomic E-state index is 13.0. The van der Waals surface area contributed by atoms with Gasteiger partial charge in [-0.1, -0.05) is 171 Å². The zero-order valence-electron chi connectivity index (χ0n) is 80.9. The van der Waals surface area contributed by atoms with Crippen LogP contribution in [0.25, 0.3) is 51.6 Å². The largest absolute Gasteiger partial charge is 0.496 e. The van der Waals surface area contributed by atoms with E-state index in [4.69, 9.17) is 42.6 Å². The summed E-state index contributed by atoms with van der Waals surface area (Å²) in [6, 6.07) is 70.0. The molecule has 137 heavy (non-hydrogen) atoms. The summed E-state index contributed by atoms with van der Waals surface area (Å²) in [7, 11) is 1.30. The second-order valence-electron chi connectivity index (χ2n) is 32.4. The number of carbonyl (C=O) groups excluding carboxylic acids is 3. The van der Waals surface area contributed by atoms with Crippen molar-refractivity contribution < 1.29 is 90.7 Å². The molecule has 0 radical (unpaired) electrons. The van der Waals surface area contributed by atoms with Crippen LogP contribution in [0.4, 0.5) is 0 Å². The number of unbranched alkanes of at least 4 members (excludes halogenated alkanes) is 3. The summed E-state index contributed by atoms with van der Waals surface area (Å²) >= 11 is 0. The molecule has 3 heterocycles. The number of aromatic nitrogens is 3. The van der Waals surface area contributed by atoms with Crippen LogP contribution in [-0.4, -0.2) is 126 Å². The fourth-order valence-electron chi connectivity index (χ4n) is 14.6. The van der Waals surface area contributed by atoms with Crippen LogP contribution in [0, 0.1) is 7.43 Å². The van der Waals surface area contributed by atoms with Crippen molar-refractivity contribution in [3.8, 4) is 67.9 Å². The van der Waals surface area contributed by atoms with Gasteiger partial charge in [-0.25, -0.2) is 0 Å². The molecule has 0 aliphatic rings. The van der Waals surface area contributed by atoms with Crippen molar-refractivity contribution in [2.75, 3.05) is 80.8 Å². The van der Waals surface area contributed by atoms with Crippen molar-refractivity contribution >= 4 is 68.0 Å². The van der Waals surface area contributed by atoms with E-state index in [1.807, 2.05) is 237 Å². The van der Waals surface area contributed by atoms with Gasteiger partial charge in [-0.2, -0.15) is 0 Å². The van der Waals surface area contributed by atoms with Gasteiger partial charge in [0.2, 0.25) is 0 Å². The molecule has 3 aromatic heterocycles. The fourth-order valence-corrected chi connectivity index (χ4v) is 18.1. The first kappa shape index (κ1) is 111. The Morgan fingerprint density at radius 1 is 0.299 bits per heavy atom. The van der Waals surface area contributed by atoms with E-state index < -0.39 is 32.4 Å². The average Bonchev–Trinajstić information content (AvgIpc) is 0.831. The van der Waals surface area contributed by atoms with Gasteiger partial charge >= 0.3 is 0 Å². The molecule has 0 fully saturated rings. The fraction of sp³-hybridized carbons (Fsp3) is 0.313. The SMILES string of the molecule is CCCCOCCOc1ccc(-c2ccc(OC)c(/C=C/C(=O)Cc3ccc(S(=O)Cc4cnccc4CCC)cc3)c2)cc1.CCCCOCCOc1ccc(-c2ccc(OC)c(/C=C/C(=O)Cc3ccc([S@@](=O)Cc4cnccc4CCC)cc3)c2)cc1.CCCCOCCOc1ccc(-c2ccc(OC)c(/C=C/C(=O)Cc3ccc([S@](=O)Cc4cnccc4CCC)cc3)c2)cc1.[CH3-].[W]. The number of pyridine rings is 3. The van der Waals surface area contributed by atoms with Crippen molar-refractivity contribution in [2.45, 2.75) is 170 Å². The van der Waals surface area contributed by atoms with E-state index >= 15 is 0 Å². The van der Waals surface area contributed by atoms with Gasteiger partial charge in [0.25, 0.3) is 0 Å². The third-order valence-electron chi connectivity index (χ3n) is 22.1. The van der Waals surface area contributed by atoms with E-state index in [1.54, 1.807) is 76.4 Å². The molecule has 12 rings (SSSR count). The standard InChI is InChI=1S/3C38H43NO5S.CH3.W/c3*1-4-6-22-43-23-24-44-36-15-11-31(12-16-36)32-13-19-38(42-3)33(26-32)10-14-35(40)25-29-8-17-37(18-9-29)45(41)28-34-27-39-21-20-30(34)7-5-2;;/h3*8-21,26-27H,4-7,22-25,28H2,1-3H3;1H3;/q;;;-1;/b3*14-10+;;/t2*45-;;;/m10.../s1. The molecule has 0 amide bonds. The summed E-state index contributed by atoms with van der Waals surface area (Å²) in [4.78, 5) is 53.5. The minimum absolute atomic E-state index is 0. The molecule has 22 heteroatoms. The van der Waals surface area contributed by atoms with Gasteiger partial charge in [0.1, 0.15) is 54.3 Å². The van der Waals surface area contributed by atoms with Crippen molar-refractivity contribution in [1.82, 2.24) is 15.0 Å². The molecular formula is C115H132N3O15S3W-. The van der Waals surface area contributed by atoms with Crippen molar-refractivity contribution in [3.05, 3.63) is 348 Å². The van der Waals surface area contributed by atoms with Crippen LogP contribution < -0.4 is 28.4 Å². The number of ether oxygens (including phenoxy) is 9. The Balaban J connectivity index is 0.000000250. The first-order valence-corrected chi connectivity index (χ1v) is 50.7. The number of carbonyl (C=O) groups is 3. The van der Waals surface area contributed by atoms with Crippen LogP contribution in [-0.2, 0) is 138 Å². The van der Waals surface area contributed by atoms with Gasteiger partial charge in [-0.3, -0.25) is 42.0 Å². The zero-order valence-corrected chi connectivity index (χ0v) is 86.3. The summed E-state index contributed by atoms with van der Waals surface area (Å²) in [6.45, 7) is 18.4. The van der Waals surface area contributed by atoms with E-state index in [1.165, 1.54) is 16.7 Å². The Morgan fingerprint density at radius 2 is 0.555 bits per heavy atom. The van der Waals surface area contributed by atoms with Gasteiger partial charge in [-0.15, -0.1) is 0 Å². The molecule has 1 unspecified atom stereocenters. The number of rotatable bonds is 54. The molecule has 18 nitrogen and oxygen atoms in total. The van der Waals surface area contributed by atoms with Gasteiger partial charge in [0.05, 0.1) is 90.8 Å². The zero-order chi connectivity index (χ0) is 95.6. The number of hydrogen-bond donors (Lipinski definition) is 0. The summed E-state index contributed by atoms with van der Waals surface area (Å²) < 4.78 is 89.8. The molecule has 0 N–H and O–H groups in total. The number of hydrogen-bond acceptors (Lipinski definition) is 18. The number of methoxy groups -OCH3 is 3. The number of nitrogens with zero attached hydrogens (tertiary/aromatic N) is 3. The van der Waals surface area contributed by atoms with Gasteiger partial charge in [-0.05, 0) is 286 Å². The second-order valence-corrected chi connectivity index (χ2v) is 36.8. The van der Waals surface area contributed by atoms with Crippen LogP contribution in [0.15, 0.2) is 288 Å². The normalized spacial score (nSPS) is 11.7. The maximum Gasteiger partial charge on any atom is 0.160 e. The van der Waals surface area contributed by atoms with E-state index in [0.717, 1.165) is 212 Å². The first-order chi connectivity index (χ1) is 66.0. The Kier molecular flexibility index (Phi) is 50.4. The van der Waals surface area contributed by atoms with Crippen molar-refractivity contribution in [1.29, 1.82) is 0 Å². The predicted molar refractivity (Wildman–Crippen MR) is 553 cm³/mol. The van der Waals surface area contributed by atoms with Gasteiger partial charge < -0.3 is 50.1 Å². The average molecular weight is 2080 g/mol. The molecule has 0 bridgehead atoms. The Bertz CT molecular complexity index is 5270. The molecular weight excluding hydrogens is 1940 g/mol. The molecule has 3 atom stereocenters. The number of allylic oxidation sites excluding steroid dienone is 3. The van der Waals surface area contributed by atoms with Crippen LogP contribution in [0.2, 0.25) is 0 Å². The minimum atomic E-state index is -1.19. The Hall–Kier alpha value is -11.5. The molecule has 0 aliphatic heterocycles. The molecule has 0 spiro atoms. The molecule has 9 aromatic carbocycles. The smallest absolute Gasteiger partial charge is 0.160 e. The minimum Gasteiger partial charge on any atom is -0.496 e.